The lowest BCUT2D eigenvalue weighted by atomic mass is 10.1. The minimum Gasteiger partial charge on any atom is -0.497 e. The zero-order valence-corrected chi connectivity index (χ0v) is 16.4. The molecule has 0 radical (unpaired) electrons. The van der Waals surface area contributed by atoms with Gasteiger partial charge in [0.15, 0.2) is 5.16 Å². The minimum absolute atomic E-state index is 0.316. The molecule has 2 aromatic carbocycles. The average molecular weight is 404 g/mol. The second-order valence-corrected chi connectivity index (χ2v) is 7.16. The lowest BCUT2D eigenvalue weighted by molar-refractivity contribution is 0.414. The fourth-order valence-electron chi connectivity index (χ4n) is 2.60. The summed E-state index contributed by atoms with van der Waals surface area (Å²) in [6, 6.07) is 12.5. The molecule has 0 saturated carbocycles. The van der Waals surface area contributed by atoms with Crippen molar-refractivity contribution >= 4 is 23.4 Å². The Balaban J connectivity index is 1.79. The summed E-state index contributed by atoms with van der Waals surface area (Å²) in [5.41, 5.74) is 1.57. The SMILES string of the molecule is C=CCn1c(Cc2ccc(OC)cc2)nnc1SCc1c(F)cccc1Cl. The Labute approximate surface area is 167 Å². The number of aromatic nitrogens is 3. The summed E-state index contributed by atoms with van der Waals surface area (Å²) in [6.45, 7) is 4.39. The molecule has 3 rings (SSSR count). The Morgan fingerprint density at radius 3 is 2.67 bits per heavy atom. The highest BCUT2D eigenvalue weighted by Crippen LogP contribution is 2.28. The molecule has 0 fully saturated rings. The van der Waals surface area contributed by atoms with Gasteiger partial charge in [-0.3, -0.25) is 0 Å². The van der Waals surface area contributed by atoms with Gasteiger partial charge in [-0.2, -0.15) is 0 Å². The molecule has 140 valence electrons. The van der Waals surface area contributed by atoms with Crippen LogP contribution in [0.15, 0.2) is 60.3 Å². The van der Waals surface area contributed by atoms with Crippen LogP contribution in [-0.2, 0) is 18.7 Å². The van der Waals surface area contributed by atoms with E-state index in [4.69, 9.17) is 16.3 Å². The topological polar surface area (TPSA) is 39.9 Å². The first-order valence-corrected chi connectivity index (χ1v) is 9.70. The first-order chi connectivity index (χ1) is 13.1. The highest BCUT2D eigenvalue weighted by atomic mass is 35.5. The maximum Gasteiger partial charge on any atom is 0.191 e. The first kappa shape index (κ1) is 19.5. The molecule has 27 heavy (non-hydrogen) atoms. The van der Waals surface area contributed by atoms with Crippen molar-refractivity contribution in [3.05, 3.63) is 82.9 Å². The van der Waals surface area contributed by atoms with Gasteiger partial charge in [0.25, 0.3) is 0 Å². The van der Waals surface area contributed by atoms with Crippen molar-refractivity contribution in [1.29, 1.82) is 0 Å². The average Bonchev–Trinajstić information content (AvgIpc) is 3.04. The highest BCUT2D eigenvalue weighted by molar-refractivity contribution is 7.98. The molecule has 0 unspecified atom stereocenters. The number of benzene rings is 2. The van der Waals surface area contributed by atoms with Crippen LogP contribution in [0.2, 0.25) is 5.02 Å². The van der Waals surface area contributed by atoms with E-state index in [0.717, 1.165) is 17.1 Å². The second-order valence-electron chi connectivity index (χ2n) is 5.81. The van der Waals surface area contributed by atoms with Gasteiger partial charge >= 0.3 is 0 Å². The van der Waals surface area contributed by atoms with E-state index in [-0.39, 0.29) is 5.82 Å². The molecule has 1 heterocycles. The Morgan fingerprint density at radius 1 is 1.22 bits per heavy atom. The molecular formula is C20H19ClFN3OS. The Morgan fingerprint density at radius 2 is 2.00 bits per heavy atom. The maximum absolute atomic E-state index is 14.0. The molecule has 0 spiro atoms. The summed E-state index contributed by atoms with van der Waals surface area (Å²) in [6.07, 6.45) is 2.42. The molecule has 4 nitrogen and oxygen atoms in total. The van der Waals surface area contributed by atoms with E-state index in [9.17, 15) is 4.39 Å². The van der Waals surface area contributed by atoms with Crippen molar-refractivity contribution in [3.8, 4) is 5.75 Å². The molecule has 0 aliphatic heterocycles. The van der Waals surface area contributed by atoms with Gasteiger partial charge in [-0.15, -0.1) is 16.8 Å². The van der Waals surface area contributed by atoms with Crippen LogP contribution in [0.3, 0.4) is 0 Å². The molecule has 0 aliphatic rings. The summed E-state index contributed by atoms with van der Waals surface area (Å²) >= 11 is 7.51. The Hall–Kier alpha value is -2.31. The number of ether oxygens (including phenoxy) is 1. The molecule has 7 heteroatoms. The zero-order valence-electron chi connectivity index (χ0n) is 14.9. The molecule has 0 atom stereocenters. The summed E-state index contributed by atoms with van der Waals surface area (Å²) < 4.78 is 21.2. The number of methoxy groups -OCH3 is 1. The van der Waals surface area contributed by atoms with Crippen LogP contribution in [-0.4, -0.2) is 21.9 Å². The van der Waals surface area contributed by atoms with Crippen LogP contribution in [0.25, 0.3) is 0 Å². The molecular weight excluding hydrogens is 385 g/mol. The largest absolute Gasteiger partial charge is 0.497 e. The second kappa shape index (κ2) is 9.06. The van der Waals surface area contributed by atoms with Crippen LogP contribution in [0, 0.1) is 5.82 Å². The number of hydrogen-bond acceptors (Lipinski definition) is 4. The number of allylic oxidation sites excluding steroid dienone is 1. The van der Waals surface area contributed by atoms with Gasteiger partial charge in [0.1, 0.15) is 17.4 Å². The van der Waals surface area contributed by atoms with Gasteiger partial charge in [-0.05, 0) is 29.8 Å². The van der Waals surface area contributed by atoms with Crippen LogP contribution >= 0.6 is 23.4 Å². The molecule has 0 aliphatic carbocycles. The third kappa shape index (κ3) is 4.70. The van der Waals surface area contributed by atoms with Crippen molar-refractivity contribution in [2.75, 3.05) is 7.11 Å². The molecule has 1 aromatic heterocycles. The first-order valence-electron chi connectivity index (χ1n) is 8.34. The Kier molecular flexibility index (Phi) is 6.53. The van der Waals surface area contributed by atoms with Crippen LogP contribution < -0.4 is 4.74 Å². The third-order valence-electron chi connectivity index (χ3n) is 4.03. The monoisotopic (exact) mass is 403 g/mol. The van der Waals surface area contributed by atoms with Gasteiger partial charge in [0.2, 0.25) is 0 Å². The predicted molar refractivity (Wildman–Crippen MR) is 107 cm³/mol. The lowest BCUT2D eigenvalue weighted by Gasteiger charge is -2.09. The van der Waals surface area contributed by atoms with Crippen molar-refractivity contribution in [2.45, 2.75) is 23.9 Å². The van der Waals surface area contributed by atoms with E-state index in [1.54, 1.807) is 25.3 Å². The lowest BCUT2D eigenvalue weighted by Crippen LogP contribution is -2.05. The smallest absolute Gasteiger partial charge is 0.191 e. The summed E-state index contributed by atoms with van der Waals surface area (Å²) in [7, 11) is 1.64. The van der Waals surface area contributed by atoms with E-state index in [1.165, 1.54) is 17.8 Å². The summed E-state index contributed by atoms with van der Waals surface area (Å²) in [4.78, 5) is 0. The number of thioether (sulfide) groups is 1. The molecule has 3 aromatic rings. The van der Waals surface area contributed by atoms with Crippen molar-refractivity contribution in [3.63, 3.8) is 0 Å². The van der Waals surface area contributed by atoms with Gasteiger partial charge in [0, 0.05) is 29.3 Å². The predicted octanol–water partition coefficient (Wildman–Crippen LogP) is 5.15. The van der Waals surface area contributed by atoms with Crippen LogP contribution in [0.5, 0.6) is 5.75 Å². The van der Waals surface area contributed by atoms with E-state index in [0.29, 0.717) is 34.5 Å². The van der Waals surface area contributed by atoms with Gasteiger partial charge in [0.05, 0.1) is 7.11 Å². The fourth-order valence-corrected chi connectivity index (χ4v) is 3.91. The minimum atomic E-state index is -0.316. The number of hydrogen-bond donors (Lipinski definition) is 0. The summed E-state index contributed by atoms with van der Waals surface area (Å²) in [5.74, 6) is 1.69. The van der Waals surface area contributed by atoms with Gasteiger partial charge < -0.3 is 9.30 Å². The quantitative estimate of drug-likeness (QED) is 0.385. The van der Waals surface area contributed by atoms with E-state index >= 15 is 0 Å². The standard InChI is InChI=1S/C20H19ClFN3OS/c1-3-11-25-19(12-14-7-9-15(26-2)10-8-14)23-24-20(25)27-13-16-17(21)5-4-6-18(16)22/h3-10H,1,11-13H2,2H3. The number of nitrogens with zero attached hydrogens (tertiary/aromatic N) is 3. The number of halogens is 2. The number of rotatable bonds is 8. The summed E-state index contributed by atoms with van der Waals surface area (Å²) in [5, 5.41) is 9.71. The molecule has 0 N–H and O–H groups in total. The van der Waals surface area contributed by atoms with E-state index < -0.39 is 0 Å². The molecule has 0 saturated heterocycles. The highest BCUT2D eigenvalue weighted by Gasteiger charge is 2.15. The van der Waals surface area contributed by atoms with Crippen LogP contribution in [0.4, 0.5) is 4.39 Å². The van der Waals surface area contributed by atoms with E-state index in [1.807, 2.05) is 28.8 Å². The van der Waals surface area contributed by atoms with Gasteiger partial charge in [-0.25, -0.2) is 4.39 Å². The zero-order chi connectivity index (χ0) is 19.2. The van der Waals surface area contributed by atoms with Crippen LogP contribution in [0.1, 0.15) is 17.0 Å². The van der Waals surface area contributed by atoms with Crippen molar-refractivity contribution in [2.24, 2.45) is 0 Å². The Bertz CT molecular complexity index is 907. The molecule has 0 bridgehead atoms. The van der Waals surface area contributed by atoms with E-state index in [2.05, 4.69) is 16.8 Å². The maximum atomic E-state index is 14.0. The van der Waals surface area contributed by atoms with Gasteiger partial charge in [-0.1, -0.05) is 47.6 Å². The van der Waals surface area contributed by atoms with Crippen molar-refractivity contribution < 1.29 is 9.13 Å². The normalized spacial score (nSPS) is 10.8. The third-order valence-corrected chi connectivity index (χ3v) is 5.38. The van der Waals surface area contributed by atoms with Crippen molar-refractivity contribution in [1.82, 2.24) is 14.8 Å². The molecule has 0 amide bonds. The fraction of sp³-hybridized carbons (Fsp3) is 0.200.